The average molecular weight is 621 g/mol. The zero-order valence-electron chi connectivity index (χ0n) is 25.7. The molecule has 0 aliphatic carbocycles. The molecule has 0 aromatic heterocycles. The van der Waals surface area contributed by atoms with Crippen LogP contribution in [0.1, 0.15) is 30.9 Å². The summed E-state index contributed by atoms with van der Waals surface area (Å²) in [5, 5.41) is 18.1. The minimum absolute atomic E-state index is 0.0454. The molecule has 9 heteroatoms. The molecule has 0 unspecified atom stereocenters. The zero-order valence-corrected chi connectivity index (χ0v) is 25.7. The molecule has 0 aliphatic heterocycles. The summed E-state index contributed by atoms with van der Waals surface area (Å²) in [6, 6.07) is 20.0. The number of halogens is 1. The smallest absolute Gasteiger partial charge is 0.335 e. The van der Waals surface area contributed by atoms with E-state index in [1.54, 1.807) is 6.07 Å². The van der Waals surface area contributed by atoms with Crippen molar-refractivity contribution in [1.82, 2.24) is 0 Å². The predicted molar refractivity (Wildman–Crippen MR) is 171 cm³/mol. The van der Waals surface area contributed by atoms with Crippen molar-refractivity contribution in [2.75, 3.05) is 46.3 Å². The highest BCUT2D eigenvalue weighted by Gasteiger charge is 2.13. The van der Waals surface area contributed by atoms with Gasteiger partial charge in [0.25, 0.3) is 0 Å². The molecule has 2 N–H and O–H groups in total. The van der Waals surface area contributed by atoms with Crippen LogP contribution in [0.25, 0.3) is 22.3 Å². The number of rotatable bonds is 19. The maximum absolute atomic E-state index is 12.4. The number of carbonyl (C=O) groups is 2. The van der Waals surface area contributed by atoms with Crippen LogP contribution >= 0.6 is 0 Å². The number of alkyl halides is 1. The van der Waals surface area contributed by atoms with Crippen LogP contribution in [0, 0.1) is 0 Å². The van der Waals surface area contributed by atoms with Crippen molar-refractivity contribution in [3.63, 3.8) is 0 Å². The van der Waals surface area contributed by atoms with E-state index in [9.17, 15) is 14.0 Å². The lowest BCUT2D eigenvalue weighted by molar-refractivity contribution is -0.141. The summed E-state index contributed by atoms with van der Waals surface area (Å²) in [6.45, 7) is 7.71. The standard InChI is InChI=1S/C36H41FO8/c1-4-28-19-30(29-10-8-27(9-11-29)7-5-6-14-37)12-13-34(28)31-20-32(42-15-17-44-35(40)25(2)23-38)22-33(21-31)43-16-18-45-36(41)26(3)24-39/h8-13,19-22,38-39H,2-7,14-18,23-24H2,1H3. The van der Waals surface area contributed by atoms with Gasteiger partial charge in [0, 0.05) is 6.07 Å². The molecule has 3 aromatic rings. The molecule has 240 valence electrons. The summed E-state index contributed by atoms with van der Waals surface area (Å²) >= 11 is 0. The van der Waals surface area contributed by atoms with E-state index in [-0.39, 0.29) is 44.2 Å². The minimum atomic E-state index is -0.698. The van der Waals surface area contributed by atoms with Crippen molar-refractivity contribution < 1.29 is 43.1 Å². The number of aliphatic hydroxyl groups excluding tert-OH is 2. The monoisotopic (exact) mass is 620 g/mol. The Morgan fingerprint density at radius 3 is 1.78 bits per heavy atom. The molecular weight excluding hydrogens is 579 g/mol. The van der Waals surface area contributed by atoms with E-state index in [0.717, 1.165) is 47.1 Å². The van der Waals surface area contributed by atoms with Gasteiger partial charge in [-0.2, -0.15) is 0 Å². The average Bonchev–Trinajstić information content (AvgIpc) is 3.07. The van der Waals surface area contributed by atoms with Gasteiger partial charge in [0.05, 0.1) is 31.0 Å². The maximum Gasteiger partial charge on any atom is 0.335 e. The largest absolute Gasteiger partial charge is 0.490 e. The first-order valence-corrected chi connectivity index (χ1v) is 14.9. The third kappa shape index (κ3) is 10.9. The molecule has 45 heavy (non-hydrogen) atoms. The van der Waals surface area contributed by atoms with Gasteiger partial charge in [-0.15, -0.1) is 0 Å². The highest BCUT2D eigenvalue weighted by atomic mass is 19.1. The molecule has 3 rings (SSSR count). The van der Waals surface area contributed by atoms with Crippen LogP contribution in [0.3, 0.4) is 0 Å². The molecule has 0 atom stereocenters. The Morgan fingerprint density at radius 1 is 0.711 bits per heavy atom. The lowest BCUT2D eigenvalue weighted by Crippen LogP contribution is -2.15. The fourth-order valence-electron chi connectivity index (χ4n) is 4.45. The van der Waals surface area contributed by atoms with Gasteiger partial charge in [0.15, 0.2) is 0 Å². The molecule has 3 aromatic carbocycles. The van der Waals surface area contributed by atoms with Gasteiger partial charge in [-0.05, 0) is 71.2 Å². The first kappa shape index (κ1) is 35.0. The summed E-state index contributed by atoms with van der Waals surface area (Å²) in [5.74, 6) is -0.452. The Kier molecular flexibility index (Phi) is 14.3. The van der Waals surface area contributed by atoms with E-state index in [2.05, 4.69) is 62.5 Å². The number of hydrogen-bond acceptors (Lipinski definition) is 8. The first-order valence-electron chi connectivity index (χ1n) is 14.9. The highest BCUT2D eigenvalue weighted by Crippen LogP contribution is 2.34. The molecule has 0 fully saturated rings. The van der Waals surface area contributed by atoms with Gasteiger partial charge in [-0.1, -0.05) is 62.5 Å². The summed E-state index contributed by atoms with van der Waals surface area (Å²) in [7, 11) is 0. The number of benzene rings is 3. The van der Waals surface area contributed by atoms with Crippen LogP contribution in [-0.2, 0) is 31.9 Å². The number of unbranched alkanes of at least 4 members (excludes halogenated alkanes) is 1. The van der Waals surface area contributed by atoms with E-state index in [4.69, 9.17) is 29.2 Å². The Hall–Kier alpha value is -4.47. The van der Waals surface area contributed by atoms with E-state index >= 15 is 0 Å². The van der Waals surface area contributed by atoms with Gasteiger partial charge in [0.1, 0.15) is 37.9 Å². The fraction of sp³-hybridized carbons (Fsp3) is 0.333. The number of aliphatic hydroxyl groups is 2. The molecule has 0 radical (unpaired) electrons. The third-order valence-electron chi connectivity index (χ3n) is 6.94. The molecule has 0 bridgehead atoms. The fourth-order valence-corrected chi connectivity index (χ4v) is 4.45. The van der Waals surface area contributed by atoms with E-state index < -0.39 is 25.2 Å². The van der Waals surface area contributed by atoms with E-state index in [1.807, 2.05) is 12.1 Å². The molecule has 0 aliphatic rings. The molecule has 0 heterocycles. The second-order valence-electron chi connectivity index (χ2n) is 10.3. The maximum atomic E-state index is 12.4. The summed E-state index contributed by atoms with van der Waals surface area (Å²) in [5.41, 5.74) is 6.18. The molecular formula is C36H41FO8. The van der Waals surface area contributed by atoms with Gasteiger partial charge < -0.3 is 29.2 Å². The predicted octanol–water partition coefficient (Wildman–Crippen LogP) is 5.82. The normalized spacial score (nSPS) is 10.7. The number of esters is 2. The number of hydrogen-bond donors (Lipinski definition) is 2. The Labute approximate surface area is 263 Å². The second-order valence-corrected chi connectivity index (χ2v) is 10.3. The van der Waals surface area contributed by atoms with Crippen LogP contribution in [0.15, 0.2) is 85.0 Å². The molecule has 0 amide bonds. The lowest BCUT2D eigenvalue weighted by Gasteiger charge is -2.16. The van der Waals surface area contributed by atoms with Gasteiger partial charge in [-0.3, -0.25) is 4.39 Å². The van der Waals surface area contributed by atoms with Crippen molar-refractivity contribution in [2.24, 2.45) is 0 Å². The van der Waals surface area contributed by atoms with Crippen molar-refractivity contribution >= 4 is 11.9 Å². The van der Waals surface area contributed by atoms with Crippen LogP contribution < -0.4 is 9.47 Å². The first-order chi connectivity index (χ1) is 21.8. The van der Waals surface area contributed by atoms with Crippen LogP contribution in [0.4, 0.5) is 4.39 Å². The SMILES string of the molecule is C=C(CO)C(=O)OCCOc1cc(OCCOC(=O)C(=C)CO)cc(-c2ccc(-c3ccc(CCCCF)cc3)cc2CC)c1. The Morgan fingerprint density at radius 2 is 1.27 bits per heavy atom. The lowest BCUT2D eigenvalue weighted by atomic mass is 9.93. The number of ether oxygens (including phenoxy) is 4. The minimum Gasteiger partial charge on any atom is -0.490 e. The molecule has 0 saturated heterocycles. The summed E-state index contributed by atoms with van der Waals surface area (Å²) < 4.78 is 34.4. The quantitative estimate of drug-likeness (QED) is 0.0981. The van der Waals surface area contributed by atoms with Crippen molar-refractivity contribution in [3.8, 4) is 33.8 Å². The topological polar surface area (TPSA) is 112 Å². The highest BCUT2D eigenvalue weighted by molar-refractivity contribution is 5.88. The van der Waals surface area contributed by atoms with E-state index in [0.29, 0.717) is 17.9 Å². The van der Waals surface area contributed by atoms with E-state index in [1.165, 1.54) is 5.56 Å². The van der Waals surface area contributed by atoms with Gasteiger partial charge in [0.2, 0.25) is 0 Å². The summed E-state index contributed by atoms with van der Waals surface area (Å²) in [4.78, 5) is 23.6. The number of carbonyl (C=O) groups excluding carboxylic acids is 2. The Bertz CT molecular complexity index is 1390. The van der Waals surface area contributed by atoms with Crippen molar-refractivity contribution in [2.45, 2.75) is 32.6 Å². The molecule has 0 spiro atoms. The van der Waals surface area contributed by atoms with Crippen LogP contribution in [-0.4, -0.2) is 68.5 Å². The van der Waals surface area contributed by atoms with Crippen molar-refractivity contribution in [3.05, 3.63) is 96.1 Å². The van der Waals surface area contributed by atoms with Crippen LogP contribution in [0.5, 0.6) is 11.5 Å². The van der Waals surface area contributed by atoms with Gasteiger partial charge in [-0.25, -0.2) is 9.59 Å². The van der Waals surface area contributed by atoms with Crippen LogP contribution in [0.2, 0.25) is 0 Å². The molecule has 0 saturated carbocycles. The second kappa shape index (κ2) is 18.4. The zero-order chi connectivity index (χ0) is 32.6. The summed E-state index contributed by atoms with van der Waals surface area (Å²) in [6.07, 6.45) is 3.02. The van der Waals surface area contributed by atoms with Crippen molar-refractivity contribution in [1.29, 1.82) is 0 Å². The Balaban J connectivity index is 1.81. The third-order valence-corrected chi connectivity index (χ3v) is 6.94. The number of aryl methyl sites for hydroxylation is 2. The van der Waals surface area contributed by atoms with Gasteiger partial charge >= 0.3 is 11.9 Å². The molecule has 8 nitrogen and oxygen atoms in total.